The van der Waals surface area contributed by atoms with Gasteiger partial charge in [0, 0.05) is 52.1 Å². The summed E-state index contributed by atoms with van der Waals surface area (Å²) >= 11 is 0. The van der Waals surface area contributed by atoms with Gasteiger partial charge >= 0.3 is 0 Å². The van der Waals surface area contributed by atoms with Crippen molar-refractivity contribution in [2.24, 2.45) is 5.92 Å². The average Bonchev–Trinajstić information content (AvgIpc) is 3.25. The first-order valence-electron chi connectivity index (χ1n) is 11.3. The lowest BCUT2D eigenvalue weighted by Gasteiger charge is -2.34. The van der Waals surface area contributed by atoms with Crippen molar-refractivity contribution in [3.8, 4) is 0 Å². The third-order valence-electron chi connectivity index (χ3n) is 6.33. The number of benzene rings is 1. The Morgan fingerprint density at radius 2 is 1.76 bits per heavy atom. The van der Waals surface area contributed by atoms with Crippen LogP contribution in [0.15, 0.2) is 28.8 Å². The number of hydrogen-bond donors (Lipinski definition) is 0. The van der Waals surface area contributed by atoms with Crippen LogP contribution >= 0.6 is 12.4 Å². The van der Waals surface area contributed by atoms with Gasteiger partial charge < -0.3 is 14.3 Å². The van der Waals surface area contributed by atoms with Crippen LogP contribution in [-0.2, 0) is 17.8 Å². The van der Waals surface area contributed by atoms with E-state index in [0.29, 0.717) is 63.2 Å². The summed E-state index contributed by atoms with van der Waals surface area (Å²) < 4.78 is 19.2. The van der Waals surface area contributed by atoms with Gasteiger partial charge in [0.25, 0.3) is 5.91 Å². The highest BCUT2D eigenvalue weighted by atomic mass is 35.5. The maximum Gasteiger partial charge on any atom is 0.256 e. The van der Waals surface area contributed by atoms with Gasteiger partial charge in [0.15, 0.2) is 5.82 Å². The van der Waals surface area contributed by atoms with Crippen molar-refractivity contribution < 1.29 is 18.5 Å². The van der Waals surface area contributed by atoms with Gasteiger partial charge in [-0.1, -0.05) is 24.2 Å². The molecule has 8 nitrogen and oxygen atoms in total. The number of piperidine rings is 1. The van der Waals surface area contributed by atoms with Crippen LogP contribution in [0, 0.1) is 11.7 Å². The Hall–Kier alpha value is -2.52. The number of carbonyl (C=O) groups is 2. The first-order valence-corrected chi connectivity index (χ1v) is 11.3. The minimum atomic E-state index is -0.493. The highest BCUT2D eigenvalue weighted by Gasteiger charge is 2.25. The van der Waals surface area contributed by atoms with Crippen molar-refractivity contribution in [1.29, 1.82) is 0 Å². The van der Waals surface area contributed by atoms with Crippen LogP contribution in [0.1, 0.15) is 48.3 Å². The summed E-state index contributed by atoms with van der Waals surface area (Å²) in [6.45, 7) is 6.74. The number of rotatable bonds is 6. The van der Waals surface area contributed by atoms with E-state index in [2.05, 4.69) is 22.0 Å². The predicted octanol–water partition coefficient (Wildman–Crippen LogP) is 2.78. The molecular weight excluding hydrogens is 449 g/mol. The lowest BCUT2D eigenvalue weighted by molar-refractivity contribution is -0.132. The number of hydrogen-bond acceptors (Lipinski definition) is 6. The number of nitrogens with zero attached hydrogens (tertiary/aromatic N) is 5. The number of amides is 2. The van der Waals surface area contributed by atoms with Crippen LogP contribution < -0.4 is 0 Å². The molecule has 0 atom stereocenters. The summed E-state index contributed by atoms with van der Waals surface area (Å²) in [5, 5.41) is 4.04. The minimum absolute atomic E-state index is 0. The topological polar surface area (TPSA) is 82.8 Å². The van der Waals surface area contributed by atoms with E-state index >= 15 is 0 Å². The fourth-order valence-electron chi connectivity index (χ4n) is 4.20. The van der Waals surface area contributed by atoms with E-state index in [0.717, 1.165) is 25.9 Å². The molecule has 1 aromatic carbocycles. The maximum absolute atomic E-state index is 13.9. The molecular formula is C23H31ClFN5O3. The van der Waals surface area contributed by atoms with Crippen LogP contribution in [0.4, 0.5) is 4.39 Å². The molecule has 0 radical (unpaired) electrons. The smallest absolute Gasteiger partial charge is 0.256 e. The summed E-state index contributed by atoms with van der Waals surface area (Å²) in [5.74, 6) is 1.12. The number of aromatic nitrogens is 2. The molecule has 0 N–H and O–H groups in total. The van der Waals surface area contributed by atoms with Crippen molar-refractivity contribution in [3.05, 3.63) is 47.4 Å². The van der Waals surface area contributed by atoms with Gasteiger partial charge in [0.2, 0.25) is 11.8 Å². The lowest BCUT2D eigenvalue weighted by Crippen LogP contribution is -2.48. The molecule has 2 aliphatic rings. The Labute approximate surface area is 199 Å². The van der Waals surface area contributed by atoms with Crippen LogP contribution in [-0.4, -0.2) is 75.9 Å². The second kappa shape index (κ2) is 11.6. The van der Waals surface area contributed by atoms with Crippen LogP contribution in [0.2, 0.25) is 0 Å². The minimum Gasteiger partial charge on any atom is -0.343 e. The monoisotopic (exact) mass is 479 g/mol. The Morgan fingerprint density at radius 3 is 2.45 bits per heavy atom. The number of halogens is 2. The molecule has 3 heterocycles. The molecule has 0 aliphatic carbocycles. The van der Waals surface area contributed by atoms with Gasteiger partial charge in [-0.3, -0.25) is 14.5 Å². The largest absolute Gasteiger partial charge is 0.343 e. The zero-order valence-electron chi connectivity index (χ0n) is 18.9. The molecule has 2 aliphatic heterocycles. The first-order chi connectivity index (χ1) is 15.5. The number of aryl methyl sites for hydroxylation is 1. The Morgan fingerprint density at radius 1 is 1.06 bits per heavy atom. The van der Waals surface area contributed by atoms with E-state index in [1.165, 1.54) is 12.1 Å². The number of carbonyl (C=O) groups excluding carboxylic acids is 2. The standard InChI is InChI=1S/C23H30FN5O3.ClH/c1-17-8-10-28(11-9-17)22(30)7-6-21-25-20(26-32-21)16-27-12-14-29(15-13-27)23(31)18-4-2-3-5-19(18)24;/h2-5,17H,6-16H2,1H3;1H. The molecule has 2 amide bonds. The molecule has 0 spiro atoms. The van der Waals surface area contributed by atoms with Gasteiger partial charge in [0.05, 0.1) is 12.1 Å². The van der Waals surface area contributed by atoms with E-state index in [1.54, 1.807) is 17.0 Å². The van der Waals surface area contributed by atoms with E-state index in [1.807, 2.05) is 4.90 Å². The SMILES string of the molecule is CC1CCN(C(=O)CCc2nc(CN3CCN(C(=O)c4ccccc4F)CC3)no2)CC1.Cl. The fraction of sp³-hybridized carbons (Fsp3) is 0.565. The van der Waals surface area contributed by atoms with Crippen molar-refractivity contribution >= 4 is 24.2 Å². The molecule has 1 aromatic heterocycles. The summed E-state index contributed by atoms with van der Waals surface area (Å²) in [5.41, 5.74) is 0.109. The summed E-state index contributed by atoms with van der Waals surface area (Å²) in [6, 6.07) is 6.06. The highest BCUT2D eigenvalue weighted by molar-refractivity contribution is 5.94. The van der Waals surface area contributed by atoms with E-state index in [9.17, 15) is 14.0 Å². The van der Waals surface area contributed by atoms with E-state index in [4.69, 9.17) is 4.52 Å². The van der Waals surface area contributed by atoms with E-state index in [-0.39, 0.29) is 29.8 Å². The van der Waals surface area contributed by atoms with Crippen LogP contribution in [0.3, 0.4) is 0 Å². The van der Waals surface area contributed by atoms with Gasteiger partial charge in [-0.25, -0.2) is 4.39 Å². The first kappa shape index (κ1) is 25.1. The fourth-order valence-corrected chi connectivity index (χ4v) is 4.20. The molecule has 2 fully saturated rings. The third-order valence-corrected chi connectivity index (χ3v) is 6.33. The summed E-state index contributed by atoms with van der Waals surface area (Å²) in [7, 11) is 0. The number of likely N-dealkylation sites (tertiary alicyclic amines) is 1. The van der Waals surface area contributed by atoms with Crippen LogP contribution in [0.5, 0.6) is 0 Å². The Bertz CT molecular complexity index is 940. The average molecular weight is 480 g/mol. The quantitative estimate of drug-likeness (QED) is 0.633. The molecule has 10 heteroatoms. The predicted molar refractivity (Wildman–Crippen MR) is 122 cm³/mol. The van der Waals surface area contributed by atoms with Crippen LogP contribution in [0.25, 0.3) is 0 Å². The molecule has 0 unspecified atom stereocenters. The molecule has 2 aromatic rings. The molecule has 0 saturated carbocycles. The second-order valence-electron chi connectivity index (χ2n) is 8.72. The second-order valence-corrected chi connectivity index (χ2v) is 8.72. The third kappa shape index (κ3) is 6.51. The van der Waals surface area contributed by atoms with E-state index < -0.39 is 5.82 Å². The molecule has 2 saturated heterocycles. The van der Waals surface area contributed by atoms with Gasteiger partial charge in [-0.2, -0.15) is 4.98 Å². The van der Waals surface area contributed by atoms with Crippen molar-refractivity contribution in [2.75, 3.05) is 39.3 Å². The zero-order chi connectivity index (χ0) is 22.5. The molecule has 0 bridgehead atoms. The number of piperazine rings is 1. The molecule has 180 valence electrons. The lowest BCUT2D eigenvalue weighted by atomic mass is 9.99. The van der Waals surface area contributed by atoms with Gasteiger partial charge in [0.1, 0.15) is 5.82 Å². The van der Waals surface area contributed by atoms with Crippen molar-refractivity contribution in [2.45, 2.75) is 39.2 Å². The maximum atomic E-state index is 13.9. The van der Waals surface area contributed by atoms with Gasteiger partial charge in [-0.15, -0.1) is 12.4 Å². The van der Waals surface area contributed by atoms with Crippen molar-refractivity contribution in [3.63, 3.8) is 0 Å². The Kier molecular flexibility index (Phi) is 8.80. The van der Waals surface area contributed by atoms with Crippen molar-refractivity contribution in [1.82, 2.24) is 24.8 Å². The zero-order valence-corrected chi connectivity index (χ0v) is 19.7. The highest BCUT2D eigenvalue weighted by Crippen LogP contribution is 2.17. The molecule has 33 heavy (non-hydrogen) atoms. The Balaban J connectivity index is 0.00000306. The normalized spacial score (nSPS) is 17.6. The summed E-state index contributed by atoms with van der Waals surface area (Å²) in [6.07, 6.45) is 2.96. The van der Waals surface area contributed by atoms with Gasteiger partial charge in [-0.05, 0) is 30.9 Å². The molecule has 4 rings (SSSR count). The summed E-state index contributed by atoms with van der Waals surface area (Å²) in [4.78, 5) is 35.1.